The molecule has 0 aliphatic carbocycles. The molecule has 9 heteroatoms. The van der Waals surface area contributed by atoms with Crippen molar-refractivity contribution in [2.45, 2.75) is 193 Å². The highest BCUT2D eigenvalue weighted by Crippen LogP contribution is 2.38. The fraction of sp³-hybridized carbons (Fsp3) is 0.878. The first kappa shape index (κ1) is 49.0. The highest BCUT2D eigenvalue weighted by molar-refractivity contribution is 7.45. The number of likely N-dealkylation sites (N-methyl/N-ethyl adjacent to an activating group) is 1. The van der Waals surface area contributed by atoms with Crippen molar-refractivity contribution >= 4 is 13.7 Å². The summed E-state index contributed by atoms with van der Waals surface area (Å²) in [5, 5.41) is 13.7. The molecule has 0 saturated carbocycles. The molecule has 0 aliphatic rings. The van der Waals surface area contributed by atoms with Crippen LogP contribution in [0.2, 0.25) is 0 Å². The molecule has 296 valence electrons. The minimum Gasteiger partial charge on any atom is -0.756 e. The normalized spacial score (nSPS) is 14.8. The molecule has 3 atom stereocenters. The van der Waals surface area contributed by atoms with Crippen molar-refractivity contribution in [2.24, 2.45) is 0 Å². The molecule has 0 rings (SSSR count). The maximum absolute atomic E-state index is 12.8. The van der Waals surface area contributed by atoms with Crippen molar-refractivity contribution in [3.63, 3.8) is 0 Å². The standard InChI is InChI=1S/C41H81N2O6P/c1-6-8-10-12-14-16-18-20-22-24-26-28-30-32-34-40(44)39(38-49-50(46,47)48-37-36-43(3,4)5)42-41(45)35-33-31-29-27-25-23-21-19-17-15-13-11-9-7-2/h24,26,32,34,39-40,44H,6-23,25,27-31,33,35-38H2,1-5H3,(H-,42,45,46,47)/b26-24+,34-32+/t39-,40+/m0/s1. The molecule has 0 saturated heterocycles. The molecule has 0 aliphatic heterocycles. The van der Waals surface area contributed by atoms with Crippen molar-refractivity contribution in [2.75, 3.05) is 40.9 Å². The average Bonchev–Trinajstić information content (AvgIpc) is 3.06. The van der Waals surface area contributed by atoms with E-state index in [1.165, 1.54) is 122 Å². The Labute approximate surface area is 309 Å². The van der Waals surface area contributed by atoms with Crippen LogP contribution in [-0.2, 0) is 18.4 Å². The molecule has 1 unspecified atom stereocenters. The van der Waals surface area contributed by atoms with E-state index >= 15 is 0 Å². The molecular weight excluding hydrogens is 647 g/mol. The van der Waals surface area contributed by atoms with E-state index in [0.29, 0.717) is 17.4 Å². The van der Waals surface area contributed by atoms with E-state index in [1.54, 1.807) is 6.08 Å². The molecule has 0 aromatic carbocycles. The first-order valence-electron chi connectivity index (χ1n) is 20.7. The molecule has 0 fully saturated rings. The van der Waals surface area contributed by atoms with Crippen LogP contribution >= 0.6 is 7.82 Å². The molecule has 0 radical (unpaired) electrons. The van der Waals surface area contributed by atoms with Gasteiger partial charge < -0.3 is 28.8 Å². The van der Waals surface area contributed by atoms with Crippen molar-refractivity contribution in [3.05, 3.63) is 24.3 Å². The van der Waals surface area contributed by atoms with E-state index in [0.717, 1.165) is 38.5 Å². The number of aliphatic hydroxyl groups is 1. The third-order valence-corrected chi connectivity index (χ3v) is 10.1. The number of allylic oxidation sites excluding steroid dienone is 3. The van der Waals surface area contributed by atoms with Gasteiger partial charge in [0.25, 0.3) is 7.82 Å². The minimum atomic E-state index is -4.59. The van der Waals surface area contributed by atoms with Gasteiger partial charge in [-0.25, -0.2) is 0 Å². The molecule has 0 bridgehead atoms. The van der Waals surface area contributed by atoms with E-state index in [-0.39, 0.29) is 19.1 Å². The lowest BCUT2D eigenvalue weighted by Gasteiger charge is -2.29. The monoisotopic (exact) mass is 729 g/mol. The van der Waals surface area contributed by atoms with Gasteiger partial charge in [0.1, 0.15) is 13.2 Å². The second kappa shape index (κ2) is 33.8. The van der Waals surface area contributed by atoms with Crippen molar-refractivity contribution in [3.8, 4) is 0 Å². The van der Waals surface area contributed by atoms with Gasteiger partial charge in [0.15, 0.2) is 0 Å². The van der Waals surface area contributed by atoms with Crippen LogP contribution in [0, 0.1) is 0 Å². The zero-order valence-electron chi connectivity index (χ0n) is 33.4. The largest absolute Gasteiger partial charge is 0.756 e. The number of nitrogens with zero attached hydrogens (tertiary/aromatic N) is 1. The zero-order valence-corrected chi connectivity index (χ0v) is 34.2. The van der Waals surface area contributed by atoms with Gasteiger partial charge in [0.05, 0.1) is 39.9 Å². The smallest absolute Gasteiger partial charge is 0.268 e. The summed E-state index contributed by atoms with van der Waals surface area (Å²) in [6.45, 7) is 4.61. The Balaban J connectivity index is 4.52. The number of carbonyl (C=O) groups is 1. The van der Waals surface area contributed by atoms with Gasteiger partial charge in [-0.1, -0.05) is 167 Å². The predicted molar refractivity (Wildman–Crippen MR) is 210 cm³/mol. The van der Waals surface area contributed by atoms with Crippen molar-refractivity contribution in [1.82, 2.24) is 5.32 Å². The number of hydrogen-bond donors (Lipinski definition) is 2. The molecule has 2 N–H and O–H groups in total. The zero-order chi connectivity index (χ0) is 37.2. The maximum atomic E-state index is 12.8. The third-order valence-electron chi connectivity index (χ3n) is 9.16. The van der Waals surface area contributed by atoms with Gasteiger partial charge in [-0.2, -0.15) is 0 Å². The maximum Gasteiger partial charge on any atom is 0.268 e. The molecule has 1 amide bonds. The van der Waals surface area contributed by atoms with Gasteiger partial charge in [-0.15, -0.1) is 0 Å². The van der Waals surface area contributed by atoms with Gasteiger partial charge in [0, 0.05) is 6.42 Å². The summed E-state index contributed by atoms with van der Waals surface area (Å²) >= 11 is 0. The lowest BCUT2D eigenvalue weighted by atomic mass is 10.0. The van der Waals surface area contributed by atoms with Crippen LogP contribution in [-0.4, -0.2) is 68.5 Å². The number of phosphoric ester groups is 1. The number of carbonyl (C=O) groups excluding carboxylic acids is 1. The van der Waals surface area contributed by atoms with Gasteiger partial charge in [-0.05, 0) is 32.1 Å². The highest BCUT2D eigenvalue weighted by atomic mass is 31.2. The Hall–Kier alpha value is -1.02. The second-order valence-electron chi connectivity index (χ2n) is 15.3. The van der Waals surface area contributed by atoms with Gasteiger partial charge >= 0.3 is 0 Å². The first-order chi connectivity index (χ1) is 24.0. The Bertz CT molecular complexity index is 876. The first-order valence-corrected chi connectivity index (χ1v) is 22.2. The van der Waals surface area contributed by atoms with Crippen molar-refractivity contribution < 1.29 is 32.9 Å². The molecule has 0 aromatic heterocycles. The summed E-state index contributed by atoms with van der Waals surface area (Å²) in [4.78, 5) is 25.2. The van der Waals surface area contributed by atoms with Gasteiger partial charge in [0.2, 0.25) is 5.91 Å². The topological polar surface area (TPSA) is 108 Å². The Morgan fingerprint density at radius 2 is 1.12 bits per heavy atom. The summed E-state index contributed by atoms with van der Waals surface area (Å²) in [5.41, 5.74) is 0. The molecular formula is C41H81N2O6P. The van der Waals surface area contributed by atoms with Crippen LogP contribution in [0.15, 0.2) is 24.3 Å². The van der Waals surface area contributed by atoms with Crippen LogP contribution in [0.3, 0.4) is 0 Å². The summed E-state index contributed by atoms with van der Waals surface area (Å²) < 4.78 is 23.1. The van der Waals surface area contributed by atoms with Crippen LogP contribution < -0.4 is 10.2 Å². The lowest BCUT2D eigenvalue weighted by Crippen LogP contribution is -2.45. The Morgan fingerprint density at radius 1 is 0.680 bits per heavy atom. The van der Waals surface area contributed by atoms with Gasteiger partial charge in [-0.3, -0.25) is 9.36 Å². The number of hydrogen-bond acceptors (Lipinski definition) is 6. The second-order valence-corrected chi connectivity index (χ2v) is 16.8. The van der Waals surface area contributed by atoms with E-state index in [4.69, 9.17) is 9.05 Å². The number of quaternary nitrogens is 1. The summed E-state index contributed by atoms with van der Waals surface area (Å²) in [6, 6.07) is -0.896. The number of unbranched alkanes of at least 4 members (excludes halogenated alkanes) is 22. The predicted octanol–water partition coefficient (Wildman–Crippen LogP) is 10.3. The van der Waals surface area contributed by atoms with E-state index in [9.17, 15) is 19.4 Å². The SMILES string of the molecule is CCCCCCCCCC/C=C/CC/C=C/[C@@H](O)[C@H](COP(=O)([O-])OCC[N+](C)(C)C)NC(=O)CCCCCCCCCCCCCCCC. The summed E-state index contributed by atoms with van der Waals surface area (Å²) in [6.07, 6.45) is 37.9. The minimum absolute atomic E-state index is 0.00451. The highest BCUT2D eigenvalue weighted by Gasteiger charge is 2.23. The van der Waals surface area contributed by atoms with E-state index < -0.39 is 20.0 Å². The molecule has 0 spiro atoms. The molecule has 0 aromatic rings. The Kier molecular flexibility index (Phi) is 33.1. The number of rotatable bonds is 37. The lowest BCUT2D eigenvalue weighted by molar-refractivity contribution is -0.870. The van der Waals surface area contributed by atoms with E-state index in [2.05, 4.69) is 31.3 Å². The van der Waals surface area contributed by atoms with Crippen LogP contribution in [0.25, 0.3) is 0 Å². The van der Waals surface area contributed by atoms with Crippen LogP contribution in [0.5, 0.6) is 0 Å². The molecule has 8 nitrogen and oxygen atoms in total. The summed E-state index contributed by atoms with van der Waals surface area (Å²) in [7, 11) is 1.25. The number of aliphatic hydroxyl groups excluding tert-OH is 1. The Morgan fingerprint density at radius 3 is 1.62 bits per heavy atom. The van der Waals surface area contributed by atoms with Crippen LogP contribution in [0.4, 0.5) is 0 Å². The van der Waals surface area contributed by atoms with E-state index in [1.807, 2.05) is 27.2 Å². The molecule has 0 heterocycles. The van der Waals surface area contributed by atoms with Crippen LogP contribution in [0.1, 0.15) is 181 Å². The fourth-order valence-electron chi connectivity index (χ4n) is 5.81. The fourth-order valence-corrected chi connectivity index (χ4v) is 6.54. The number of amides is 1. The molecule has 50 heavy (non-hydrogen) atoms. The average molecular weight is 729 g/mol. The number of nitrogens with one attached hydrogen (secondary N) is 1. The third kappa shape index (κ3) is 35.4. The van der Waals surface area contributed by atoms with Crippen molar-refractivity contribution in [1.29, 1.82) is 0 Å². The summed E-state index contributed by atoms with van der Waals surface area (Å²) in [5.74, 6) is -0.208. The quantitative estimate of drug-likeness (QED) is 0.0285. The number of phosphoric acid groups is 1.